The van der Waals surface area contributed by atoms with Crippen LogP contribution in [0.1, 0.15) is 31.0 Å². The lowest BCUT2D eigenvalue weighted by Gasteiger charge is -2.19. The average Bonchev–Trinajstić information content (AvgIpc) is 2.71. The number of ether oxygens (including phenoxy) is 1. The first-order valence-corrected chi connectivity index (χ1v) is 6.30. The summed E-state index contributed by atoms with van der Waals surface area (Å²) in [5.41, 5.74) is 4.05. The van der Waals surface area contributed by atoms with E-state index < -0.39 is 0 Å². The Balaban J connectivity index is 1.87. The summed E-state index contributed by atoms with van der Waals surface area (Å²) >= 11 is 0. The molecule has 3 unspecified atom stereocenters. The minimum atomic E-state index is 0.174. The minimum absolute atomic E-state index is 0.174. The number of hydrazine groups is 1. The predicted molar refractivity (Wildman–Crippen MR) is 64.1 cm³/mol. The molecule has 0 saturated heterocycles. The van der Waals surface area contributed by atoms with E-state index in [1.54, 1.807) is 13.3 Å². The van der Waals surface area contributed by atoms with Crippen LogP contribution in [-0.2, 0) is 7.05 Å². The molecule has 0 amide bonds. The fourth-order valence-corrected chi connectivity index (χ4v) is 3.68. The first kappa shape index (κ1) is 11.0. The molecule has 2 saturated carbocycles. The third-order valence-electron chi connectivity index (χ3n) is 4.50. The second kappa shape index (κ2) is 3.99. The van der Waals surface area contributed by atoms with Gasteiger partial charge in [-0.3, -0.25) is 16.0 Å². The summed E-state index contributed by atoms with van der Waals surface area (Å²) in [5, 5.41) is 4.26. The van der Waals surface area contributed by atoms with E-state index in [0.29, 0.717) is 5.92 Å². The number of methoxy groups -OCH3 is 1. The van der Waals surface area contributed by atoms with Crippen molar-refractivity contribution in [1.82, 2.24) is 15.2 Å². The maximum absolute atomic E-state index is 5.75. The number of nitrogens with one attached hydrogen (secondary N) is 1. The quantitative estimate of drug-likeness (QED) is 0.604. The Kier molecular flexibility index (Phi) is 2.60. The number of hydrogen-bond donors (Lipinski definition) is 2. The van der Waals surface area contributed by atoms with E-state index in [4.69, 9.17) is 10.6 Å². The Hall–Kier alpha value is -1.07. The zero-order valence-electron chi connectivity index (χ0n) is 10.4. The van der Waals surface area contributed by atoms with Crippen LogP contribution in [0.15, 0.2) is 6.20 Å². The van der Waals surface area contributed by atoms with Crippen molar-refractivity contribution in [3.05, 3.63) is 11.9 Å². The molecule has 2 aliphatic carbocycles. The summed E-state index contributed by atoms with van der Waals surface area (Å²) in [4.78, 5) is 0. The third kappa shape index (κ3) is 1.57. The number of nitrogens with two attached hydrogens (primary N) is 1. The molecule has 1 aromatic rings. The van der Waals surface area contributed by atoms with E-state index in [2.05, 4.69) is 10.5 Å². The summed E-state index contributed by atoms with van der Waals surface area (Å²) < 4.78 is 7.24. The Labute approximate surface area is 101 Å². The molecule has 3 rings (SSSR count). The fraction of sp³-hybridized carbons (Fsp3) is 0.750. The van der Waals surface area contributed by atoms with Crippen molar-refractivity contribution >= 4 is 0 Å². The Morgan fingerprint density at radius 1 is 1.53 bits per heavy atom. The van der Waals surface area contributed by atoms with Crippen LogP contribution in [0.2, 0.25) is 0 Å². The SMILES string of the molecule is COc1cnn(C)c1C(NN)C1C2CCCC21. The molecular weight excluding hydrogens is 216 g/mol. The van der Waals surface area contributed by atoms with E-state index in [-0.39, 0.29) is 6.04 Å². The van der Waals surface area contributed by atoms with Crippen LogP contribution in [0, 0.1) is 17.8 Å². The average molecular weight is 236 g/mol. The van der Waals surface area contributed by atoms with E-state index in [9.17, 15) is 0 Å². The lowest BCUT2D eigenvalue weighted by molar-refractivity contribution is 0.366. The summed E-state index contributed by atoms with van der Waals surface area (Å²) in [6, 6.07) is 0.174. The maximum Gasteiger partial charge on any atom is 0.161 e. The highest BCUT2D eigenvalue weighted by Gasteiger charge is 2.56. The Bertz CT molecular complexity index is 407. The fourth-order valence-electron chi connectivity index (χ4n) is 3.68. The van der Waals surface area contributed by atoms with E-state index in [1.807, 2.05) is 11.7 Å². The first-order valence-electron chi connectivity index (χ1n) is 6.30. The zero-order valence-corrected chi connectivity index (χ0v) is 10.4. The smallest absolute Gasteiger partial charge is 0.161 e. The first-order chi connectivity index (χ1) is 8.27. The van der Waals surface area contributed by atoms with Gasteiger partial charge in [-0.1, -0.05) is 6.42 Å². The van der Waals surface area contributed by atoms with Crippen molar-refractivity contribution < 1.29 is 4.74 Å². The molecule has 0 bridgehead atoms. The highest BCUT2D eigenvalue weighted by atomic mass is 16.5. The molecule has 0 aromatic carbocycles. The second-order valence-corrected chi connectivity index (χ2v) is 5.20. The van der Waals surface area contributed by atoms with Crippen LogP contribution < -0.4 is 16.0 Å². The Morgan fingerprint density at radius 2 is 2.24 bits per heavy atom. The lowest BCUT2D eigenvalue weighted by atomic mass is 10.0. The largest absolute Gasteiger partial charge is 0.493 e. The molecular formula is C12H20N4O. The molecule has 5 heteroatoms. The molecule has 94 valence electrons. The summed E-state index contributed by atoms with van der Waals surface area (Å²) in [7, 11) is 3.63. The van der Waals surface area contributed by atoms with Gasteiger partial charge in [0.05, 0.1) is 25.0 Å². The van der Waals surface area contributed by atoms with Crippen molar-refractivity contribution in [2.45, 2.75) is 25.3 Å². The molecule has 2 fully saturated rings. The van der Waals surface area contributed by atoms with Gasteiger partial charge < -0.3 is 4.74 Å². The van der Waals surface area contributed by atoms with Gasteiger partial charge in [-0.2, -0.15) is 5.10 Å². The molecule has 1 heterocycles. The standard InChI is InChI=1S/C12H20N4O/c1-16-12(9(17-2)6-14-16)11(15-13)10-7-4-3-5-8(7)10/h6-8,10-11,15H,3-5,13H2,1-2H3. The van der Waals surface area contributed by atoms with Crippen LogP contribution in [0.25, 0.3) is 0 Å². The van der Waals surface area contributed by atoms with Crippen molar-refractivity contribution in [1.29, 1.82) is 0 Å². The highest BCUT2D eigenvalue weighted by molar-refractivity contribution is 5.30. The van der Waals surface area contributed by atoms with Crippen molar-refractivity contribution in [3.63, 3.8) is 0 Å². The molecule has 3 N–H and O–H groups in total. The van der Waals surface area contributed by atoms with Gasteiger partial charge in [0.1, 0.15) is 0 Å². The van der Waals surface area contributed by atoms with Crippen molar-refractivity contribution in [2.75, 3.05) is 7.11 Å². The van der Waals surface area contributed by atoms with Gasteiger partial charge in [-0.15, -0.1) is 0 Å². The molecule has 0 radical (unpaired) electrons. The van der Waals surface area contributed by atoms with E-state index >= 15 is 0 Å². The monoisotopic (exact) mass is 236 g/mol. The van der Waals surface area contributed by atoms with Gasteiger partial charge in [0.25, 0.3) is 0 Å². The zero-order chi connectivity index (χ0) is 12.0. The van der Waals surface area contributed by atoms with Crippen molar-refractivity contribution in [2.24, 2.45) is 30.6 Å². The molecule has 1 aromatic heterocycles. The van der Waals surface area contributed by atoms with Gasteiger partial charge in [0.2, 0.25) is 0 Å². The molecule has 0 spiro atoms. The summed E-state index contributed by atoms with van der Waals surface area (Å²) in [6.07, 6.45) is 5.85. The van der Waals surface area contributed by atoms with E-state index in [1.165, 1.54) is 19.3 Å². The van der Waals surface area contributed by atoms with Gasteiger partial charge in [0, 0.05) is 7.05 Å². The minimum Gasteiger partial charge on any atom is -0.493 e. The number of hydrogen-bond acceptors (Lipinski definition) is 4. The molecule has 0 aliphatic heterocycles. The van der Waals surface area contributed by atoms with Crippen LogP contribution in [0.4, 0.5) is 0 Å². The van der Waals surface area contributed by atoms with Crippen LogP contribution in [0.3, 0.4) is 0 Å². The summed E-state index contributed by atoms with van der Waals surface area (Å²) in [5.74, 6) is 8.97. The molecule has 5 nitrogen and oxygen atoms in total. The number of rotatable bonds is 4. The van der Waals surface area contributed by atoms with Crippen LogP contribution in [0.5, 0.6) is 5.75 Å². The molecule has 3 atom stereocenters. The number of fused-ring (bicyclic) bond motifs is 1. The second-order valence-electron chi connectivity index (χ2n) is 5.20. The van der Waals surface area contributed by atoms with Gasteiger partial charge >= 0.3 is 0 Å². The lowest BCUT2D eigenvalue weighted by Crippen LogP contribution is -2.32. The third-order valence-corrected chi connectivity index (χ3v) is 4.50. The Morgan fingerprint density at radius 3 is 2.82 bits per heavy atom. The normalized spacial score (nSPS) is 32.3. The van der Waals surface area contributed by atoms with Crippen LogP contribution in [-0.4, -0.2) is 16.9 Å². The molecule has 2 aliphatic rings. The van der Waals surface area contributed by atoms with Crippen molar-refractivity contribution in [3.8, 4) is 5.75 Å². The van der Waals surface area contributed by atoms with Gasteiger partial charge in [0.15, 0.2) is 5.75 Å². The van der Waals surface area contributed by atoms with Crippen LogP contribution >= 0.6 is 0 Å². The van der Waals surface area contributed by atoms with Gasteiger partial charge in [-0.25, -0.2) is 0 Å². The predicted octanol–water partition coefficient (Wildman–Crippen LogP) is 0.979. The van der Waals surface area contributed by atoms with Gasteiger partial charge in [-0.05, 0) is 30.6 Å². The summed E-state index contributed by atoms with van der Waals surface area (Å²) in [6.45, 7) is 0. The number of nitrogens with zero attached hydrogens (tertiary/aromatic N) is 2. The van der Waals surface area contributed by atoms with E-state index in [0.717, 1.165) is 23.3 Å². The maximum atomic E-state index is 5.75. The topological polar surface area (TPSA) is 65.1 Å². The molecule has 17 heavy (non-hydrogen) atoms. The highest BCUT2D eigenvalue weighted by Crippen LogP contribution is 2.62. The number of aromatic nitrogens is 2. The number of aryl methyl sites for hydroxylation is 1.